The Labute approximate surface area is 145 Å². The van der Waals surface area contributed by atoms with E-state index in [-0.39, 0.29) is 24.8 Å². The molecule has 0 aliphatic carbocycles. The molecule has 0 bridgehead atoms. The van der Waals surface area contributed by atoms with Gasteiger partial charge in [-0.15, -0.1) is 0 Å². The molecular formula is C19H15ClFNO2. The number of halogens is 2. The zero-order valence-corrected chi connectivity index (χ0v) is 13.5. The summed E-state index contributed by atoms with van der Waals surface area (Å²) in [5.74, 6) is 4.87. The molecule has 122 valence electrons. The smallest absolute Gasteiger partial charge is 0.244 e. The number of carbonyl (C=O) groups excluding carboxylic acids is 1. The number of rotatable bonds is 5. The van der Waals surface area contributed by atoms with Gasteiger partial charge in [0.05, 0.1) is 6.54 Å². The van der Waals surface area contributed by atoms with Gasteiger partial charge in [-0.2, -0.15) is 0 Å². The van der Waals surface area contributed by atoms with E-state index < -0.39 is 5.82 Å². The van der Waals surface area contributed by atoms with Crippen LogP contribution in [0.5, 0.6) is 5.75 Å². The van der Waals surface area contributed by atoms with Crippen LogP contribution in [0.1, 0.15) is 5.56 Å². The number of hydrogen-bond acceptors (Lipinski definition) is 2. The lowest BCUT2D eigenvalue weighted by atomic mass is 10.2. The van der Waals surface area contributed by atoms with Crippen LogP contribution < -0.4 is 10.1 Å². The molecule has 0 spiro atoms. The Hall–Kier alpha value is -2.77. The molecule has 0 heterocycles. The van der Waals surface area contributed by atoms with Crippen molar-refractivity contribution in [2.75, 3.05) is 13.2 Å². The maximum atomic E-state index is 13.3. The third kappa shape index (κ3) is 5.79. The average Bonchev–Trinajstić information content (AvgIpc) is 2.58. The average molecular weight is 344 g/mol. The minimum absolute atomic E-state index is 0.0479. The minimum atomic E-state index is -0.433. The van der Waals surface area contributed by atoms with Crippen LogP contribution in [0.2, 0.25) is 5.02 Å². The van der Waals surface area contributed by atoms with Crippen molar-refractivity contribution in [2.24, 2.45) is 0 Å². The van der Waals surface area contributed by atoms with Crippen molar-refractivity contribution >= 4 is 23.6 Å². The van der Waals surface area contributed by atoms with Gasteiger partial charge < -0.3 is 10.1 Å². The Kier molecular flexibility index (Phi) is 6.88. The lowest BCUT2D eigenvalue weighted by Gasteiger charge is -2.01. The number of benzene rings is 2. The Morgan fingerprint density at radius 2 is 1.92 bits per heavy atom. The van der Waals surface area contributed by atoms with E-state index in [9.17, 15) is 9.18 Å². The third-order valence-electron chi connectivity index (χ3n) is 2.93. The molecule has 1 amide bonds. The number of ether oxygens (including phenoxy) is 1. The zero-order valence-electron chi connectivity index (χ0n) is 12.8. The molecule has 24 heavy (non-hydrogen) atoms. The van der Waals surface area contributed by atoms with Crippen molar-refractivity contribution in [3.8, 4) is 17.6 Å². The molecule has 0 aliphatic rings. The highest BCUT2D eigenvalue weighted by Gasteiger charge is 1.99. The summed E-state index contributed by atoms with van der Waals surface area (Å²) in [5, 5.41) is 3.19. The first-order valence-corrected chi connectivity index (χ1v) is 7.58. The van der Waals surface area contributed by atoms with Gasteiger partial charge >= 0.3 is 0 Å². The predicted molar refractivity (Wildman–Crippen MR) is 93.2 cm³/mol. The van der Waals surface area contributed by atoms with E-state index >= 15 is 0 Å². The predicted octanol–water partition coefficient (Wildman–Crippen LogP) is 3.69. The largest absolute Gasteiger partial charge is 0.478 e. The van der Waals surface area contributed by atoms with Crippen molar-refractivity contribution in [3.63, 3.8) is 0 Å². The summed E-state index contributed by atoms with van der Waals surface area (Å²) >= 11 is 5.98. The SMILES string of the molecule is O=C(/C=C/c1ccccc1Cl)NCC#CCOc1ccccc1F. The van der Waals surface area contributed by atoms with Gasteiger partial charge in [0, 0.05) is 11.1 Å². The highest BCUT2D eigenvalue weighted by Crippen LogP contribution is 2.16. The van der Waals surface area contributed by atoms with Crippen LogP contribution in [0.4, 0.5) is 4.39 Å². The number of amides is 1. The number of carbonyl (C=O) groups is 1. The van der Waals surface area contributed by atoms with Crippen LogP contribution in [0.25, 0.3) is 6.08 Å². The topological polar surface area (TPSA) is 38.3 Å². The fourth-order valence-electron chi connectivity index (χ4n) is 1.76. The number of para-hydroxylation sites is 1. The first kappa shape index (κ1) is 17.6. The van der Waals surface area contributed by atoms with Crippen molar-refractivity contribution in [3.05, 3.63) is 71.0 Å². The normalized spacial score (nSPS) is 10.1. The first-order chi connectivity index (χ1) is 11.7. The van der Waals surface area contributed by atoms with Gasteiger partial charge in [0.15, 0.2) is 11.6 Å². The summed E-state index contributed by atoms with van der Waals surface area (Å²) in [7, 11) is 0. The highest BCUT2D eigenvalue weighted by molar-refractivity contribution is 6.32. The van der Waals surface area contributed by atoms with Gasteiger partial charge in [-0.1, -0.05) is 53.8 Å². The molecule has 0 fully saturated rings. The van der Waals surface area contributed by atoms with Crippen molar-refractivity contribution < 1.29 is 13.9 Å². The van der Waals surface area contributed by atoms with E-state index in [1.165, 1.54) is 18.2 Å². The maximum Gasteiger partial charge on any atom is 0.244 e. The van der Waals surface area contributed by atoms with Crippen LogP contribution in [-0.2, 0) is 4.79 Å². The van der Waals surface area contributed by atoms with Crippen LogP contribution in [-0.4, -0.2) is 19.1 Å². The van der Waals surface area contributed by atoms with Crippen LogP contribution in [0, 0.1) is 17.7 Å². The number of hydrogen-bond donors (Lipinski definition) is 1. The molecule has 0 aliphatic heterocycles. The first-order valence-electron chi connectivity index (χ1n) is 7.20. The van der Waals surface area contributed by atoms with Crippen LogP contribution in [0.15, 0.2) is 54.6 Å². The third-order valence-corrected chi connectivity index (χ3v) is 3.28. The molecule has 0 saturated heterocycles. The summed E-state index contributed by atoms with van der Waals surface area (Å²) in [5.41, 5.74) is 0.763. The maximum absolute atomic E-state index is 13.3. The van der Waals surface area contributed by atoms with Gasteiger partial charge in [-0.05, 0) is 29.8 Å². The zero-order chi connectivity index (χ0) is 17.2. The molecule has 2 aromatic rings. The lowest BCUT2D eigenvalue weighted by molar-refractivity contribution is -0.116. The summed E-state index contributed by atoms with van der Waals surface area (Å²) in [6.45, 7) is 0.221. The quantitative estimate of drug-likeness (QED) is 0.664. The Morgan fingerprint density at radius 1 is 1.17 bits per heavy atom. The molecule has 0 unspecified atom stereocenters. The van der Waals surface area contributed by atoms with E-state index in [1.54, 1.807) is 24.3 Å². The van der Waals surface area contributed by atoms with Crippen molar-refractivity contribution in [1.29, 1.82) is 0 Å². The van der Waals surface area contributed by atoms with E-state index in [0.717, 1.165) is 5.56 Å². The van der Waals surface area contributed by atoms with Gasteiger partial charge in [0.2, 0.25) is 5.91 Å². The molecule has 0 saturated carbocycles. The second kappa shape index (κ2) is 9.39. The fraction of sp³-hybridized carbons (Fsp3) is 0.105. The van der Waals surface area contributed by atoms with Gasteiger partial charge in [0.25, 0.3) is 0 Å². The lowest BCUT2D eigenvalue weighted by Crippen LogP contribution is -2.21. The molecule has 0 radical (unpaired) electrons. The van der Waals surface area contributed by atoms with E-state index in [2.05, 4.69) is 17.2 Å². The molecular weight excluding hydrogens is 329 g/mol. The Bertz CT molecular complexity index is 793. The second-order valence-corrected chi connectivity index (χ2v) is 5.05. The Morgan fingerprint density at radius 3 is 2.71 bits per heavy atom. The summed E-state index contributed by atoms with van der Waals surface area (Å²) in [4.78, 5) is 11.6. The molecule has 0 atom stereocenters. The molecule has 1 N–H and O–H groups in total. The minimum Gasteiger partial charge on any atom is -0.478 e. The molecule has 2 aromatic carbocycles. The fourth-order valence-corrected chi connectivity index (χ4v) is 1.95. The molecule has 0 aromatic heterocycles. The van der Waals surface area contributed by atoms with Crippen LogP contribution in [0.3, 0.4) is 0 Å². The van der Waals surface area contributed by atoms with E-state index in [4.69, 9.17) is 16.3 Å². The van der Waals surface area contributed by atoms with Gasteiger partial charge in [-0.25, -0.2) is 4.39 Å². The van der Waals surface area contributed by atoms with Gasteiger partial charge in [0.1, 0.15) is 6.61 Å². The molecule has 5 heteroatoms. The summed E-state index contributed by atoms with van der Waals surface area (Å²) in [6.07, 6.45) is 3.02. The summed E-state index contributed by atoms with van der Waals surface area (Å²) in [6, 6.07) is 13.3. The second-order valence-electron chi connectivity index (χ2n) is 4.65. The number of nitrogens with one attached hydrogen (secondary N) is 1. The highest BCUT2D eigenvalue weighted by atomic mass is 35.5. The standard InChI is InChI=1S/C19H15ClFNO2/c20-16-8-2-1-7-15(16)11-12-19(23)22-13-5-6-14-24-18-10-4-3-9-17(18)21/h1-4,7-12H,13-14H2,(H,22,23)/b12-11+. The van der Waals surface area contributed by atoms with Crippen LogP contribution >= 0.6 is 11.6 Å². The van der Waals surface area contributed by atoms with E-state index in [0.29, 0.717) is 5.02 Å². The van der Waals surface area contributed by atoms with E-state index in [1.807, 2.05) is 18.2 Å². The molecule has 2 rings (SSSR count). The van der Waals surface area contributed by atoms with Crippen molar-refractivity contribution in [1.82, 2.24) is 5.32 Å². The van der Waals surface area contributed by atoms with Gasteiger partial charge in [-0.3, -0.25) is 4.79 Å². The monoisotopic (exact) mass is 343 g/mol. The van der Waals surface area contributed by atoms with Crippen molar-refractivity contribution in [2.45, 2.75) is 0 Å². The molecule has 3 nitrogen and oxygen atoms in total. The summed E-state index contributed by atoms with van der Waals surface area (Å²) < 4.78 is 18.4. The Balaban J connectivity index is 1.72.